The van der Waals surface area contributed by atoms with E-state index in [-0.39, 0.29) is 0 Å². The lowest BCUT2D eigenvalue weighted by atomic mass is 10.2. The van der Waals surface area contributed by atoms with Gasteiger partial charge in [-0.1, -0.05) is 12.8 Å². The van der Waals surface area contributed by atoms with Crippen LogP contribution in [0.4, 0.5) is 0 Å². The Hall–Kier alpha value is -0.810. The summed E-state index contributed by atoms with van der Waals surface area (Å²) in [6, 6.07) is 4.06. The summed E-state index contributed by atoms with van der Waals surface area (Å²) >= 11 is 3.25. The van der Waals surface area contributed by atoms with E-state index in [0.717, 1.165) is 12.8 Å². The molecule has 1 heterocycles. The van der Waals surface area contributed by atoms with E-state index in [1.54, 1.807) is 0 Å². The average Bonchev–Trinajstić information content (AvgIpc) is 2.85. The predicted molar refractivity (Wildman–Crippen MR) is 62.5 cm³/mol. The number of rotatable bonds is 2. The van der Waals surface area contributed by atoms with Crippen LogP contribution in [0.15, 0.2) is 26.2 Å². The summed E-state index contributed by atoms with van der Waals surface area (Å²) in [6.45, 7) is 0. The zero-order chi connectivity index (χ0) is 10.7. The van der Waals surface area contributed by atoms with Crippen molar-refractivity contribution in [2.24, 2.45) is 10.8 Å². The lowest BCUT2D eigenvalue weighted by Crippen LogP contribution is -2.31. The fraction of sp³-hybridized carbons (Fsp3) is 0.500. The van der Waals surface area contributed by atoms with Crippen molar-refractivity contribution >= 4 is 21.8 Å². The summed E-state index contributed by atoms with van der Waals surface area (Å²) in [5, 5.41) is 0. The van der Waals surface area contributed by atoms with Gasteiger partial charge in [0.25, 0.3) is 0 Å². The molecule has 0 aliphatic heterocycles. The molecule has 4 nitrogen and oxygen atoms in total. The largest absolute Gasteiger partial charge is 0.446 e. The summed E-state index contributed by atoms with van der Waals surface area (Å²) in [7, 11) is 0. The maximum atomic E-state index is 5.44. The average molecular weight is 272 g/mol. The number of amidine groups is 1. The third kappa shape index (κ3) is 2.60. The monoisotopic (exact) mass is 271 g/mol. The van der Waals surface area contributed by atoms with E-state index in [2.05, 4.69) is 26.3 Å². The molecular weight excluding hydrogens is 258 g/mol. The van der Waals surface area contributed by atoms with Crippen LogP contribution in [0, 0.1) is 0 Å². The number of nitrogens with two attached hydrogens (primary N) is 1. The Kier molecular flexibility index (Phi) is 3.43. The number of furan rings is 1. The van der Waals surface area contributed by atoms with Crippen LogP contribution >= 0.6 is 15.9 Å². The molecule has 5 heteroatoms. The Morgan fingerprint density at radius 3 is 2.73 bits per heavy atom. The van der Waals surface area contributed by atoms with Crippen LogP contribution in [-0.4, -0.2) is 11.9 Å². The SMILES string of the molecule is NNC(=NC1CCCC1)c1ccc(Br)o1. The molecule has 82 valence electrons. The molecule has 0 unspecified atom stereocenters. The molecule has 0 spiro atoms. The quantitative estimate of drug-likeness (QED) is 0.375. The van der Waals surface area contributed by atoms with Crippen molar-refractivity contribution in [1.82, 2.24) is 5.43 Å². The molecule has 3 N–H and O–H groups in total. The van der Waals surface area contributed by atoms with Crippen LogP contribution < -0.4 is 11.3 Å². The van der Waals surface area contributed by atoms with Crippen LogP contribution in [-0.2, 0) is 0 Å². The second-order valence-electron chi connectivity index (χ2n) is 3.66. The smallest absolute Gasteiger partial charge is 0.179 e. The highest BCUT2D eigenvalue weighted by Gasteiger charge is 2.16. The van der Waals surface area contributed by atoms with E-state index in [1.807, 2.05) is 12.1 Å². The zero-order valence-corrected chi connectivity index (χ0v) is 9.96. The van der Waals surface area contributed by atoms with E-state index >= 15 is 0 Å². The first-order valence-corrected chi connectivity index (χ1v) is 5.89. The van der Waals surface area contributed by atoms with E-state index in [4.69, 9.17) is 10.3 Å². The first kappa shape index (κ1) is 10.7. The van der Waals surface area contributed by atoms with Crippen molar-refractivity contribution in [3.05, 3.63) is 22.6 Å². The summed E-state index contributed by atoms with van der Waals surface area (Å²) in [4.78, 5) is 4.54. The molecule has 0 amide bonds. The molecule has 1 aliphatic rings. The highest BCUT2D eigenvalue weighted by molar-refractivity contribution is 9.10. The first-order valence-electron chi connectivity index (χ1n) is 5.09. The summed E-state index contributed by atoms with van der Waals surface area (Å²) < 4.78 is 6.08. The number of hydrogen-bond acceptors (Lipinski definition) is 3. The highest BCUT2D eigenvalue weighted by Crippen LogP contribution is 2.22. The van der Waals surface area contributed by atoms with E-state index in [1.165, 1.54) is 12.8 Å². The maximum Gasteiger partial charge on any atom is 0.179 e. The molecule has 0 radical (unpaired) electrons. The molecule has 2 rings (SSSR count). The highest BCUT2D eigenvalue weighted by atomic mass is 79.9. The third-order valence-corrected chi connectivity index (χ3v) is 3.01. The normalized spacial score (nSPS) is 18.4. The van der Waals surface area contributed by atoms with Crippen LogP contribution in [0.5, 0.6) is 0 Å². The molecular formula is C10H14BrN3O. The van der Waals surface area contributed by atoms with Gasteiger partial charge in [-0.15, -0.1) is 0 Å². The summed E-state index contributed by atoms with van der Waals surface area (Å²) in [5.74, 6) is 6.75. The molecule has 15 heavy (non-hydrogen) atoms. The second-order valence-corrected chi connectivity index (χ2v) is 4.45. The third-order valence-electron chi connectivity index (χ3n) is 2.58. The number of nitrogens with one attached hydrogen (secondary N) is 1. The van der Waals surface area contributed by atoms with Gasteiger partial charge in [0, 0.05) is 0 Å². The van der Waals surface area contributed by atoms with Gasteiger partial charge in [0.05, 0.1) is 6.04 Å². The number of halogens is 1. The Balaban J connectivity index is 2.15. The van der Waals surface area contributed by atoms with Gasteiger partial charge in [0.1, 0.15) is 0 Å². The molecule has 0 saturated heterocycles. The second kappa shape index (κ2) is 4.81. The van der Waals surface area contributed by atoms with Gasteiger partial charge in [-0.3, -0.25) is 4.99 Å². The Morgan fingerprint density at radius 1 is 1.47 bits per heavy atom. The van der Waals surface area contributed by atoms with Crippen molar-refractivity contribution in [1.29, 1.82) is 0 Å². The van der Waals surface area contributed by atoms with Crippen molar-refractivity contribution in [2.45, 2.75) is 31.7 Å². The van der Waals surface area contributed by atoms with Gasteiger partial charge in [-0.25, -0.2) is 5.84 Å². The fourth-order valence-corrected chi connectivity index (χ4v) is 2.14. The van der Waals surface area contributed by atoms with E-state index < -0.39 is 0 Å². The molecule has 1 aromatic rings. The van der Waals surface area contributed by atoms with Gasteiger partial charge < -0.3 is 9.84 Å². The van der Waals surface area contributed by atoms with Crippen molar-refractivity contribution in [3.8, 4) is 0 Å². The van der Waals surface area contributed by atoms with Crippen molar-refractivity contribution < 1.29 is 4.42 Å². The number of aliphatic imine (C=N–C) groups is 1. The van der Waals surface area contributed by atoms with Crippen LogP contribution in [0.2, 0.25) is 0 Å². The van der Waals surface area contributed by atoms with Crippen LogP contribution in [0.3, 0.4) is 0 Å². The van der Waals surface area contributed by atoms with Gasteiger partial charge in [-0.05, 0) is 40.9 Å². The topological polar surface area (TPSA) is 63.5 Å². The van der Waals surface area contributed by atoms with Gasteiger partial charge in [0.15, 0.2) is 16.3 Å². The van der Waals surface area contributed by atoms with Crippen LogP contribution in [0.1, 0.15) is 31.4 Å². The van der Waals surface area contributed by atoms with Gasteiger partial charge >= 0.3 is 0 Å². The standard InChI is InChI=1S/C10H14BrN3O/c11-9-6-5-8(15-9)10(14-12)13-7-3-1-2-4-7/h5-7H,1-4,12H2,(H,13,14). The minimum absolute atomic E-state index is 0.389. The van der Waals surface area contributed by atoms with E-state index in [0.29, 0.717) is 22.3 Å². The number of hydrogen-bond donors (Lipinski definition) is 2. The molecule has 1 saturated carbocycles. The Labute approximate surface area is 97.0 Å². The predicted octanol–water partition coefficient (Wildman–Crippen LogP) is 2.19. The minimum atomic E-state index is 0.389. The van der Waals surface area contributed by atoms with E-state index in [9.17, 15) is 0 Å². The molecule has 0 bridgehead atoms. The molecule has 1 fully saturated rings. The van der Waals surface area contributed by atoms with Crippen LogP contribution in [0.25, 0.3) is 0 Å². The Bertz CT molecular complexity index is 355. The molecule has 1 aliphatic carbocycles. The van der Waals surface area contributed by atoms with Gasteiger partial charge in [0.2, 0.25) is 0 Å². The van der Waals surface area contributed by atoms with Crippen molar-refractivity contribution in [3.63, 3.8) is 0 Å². The first-order chi connectivity index (χ1) is 7.29. The lowest BCUT2D eigenvalue weighted by Gasteiger charge is -2.06. The summed E-state index contributed by atoms with van der Waals surface area (Å²) in [5.41, 5.74) is 2.59. The minimum Gasteiger partial charge on any atom is -0.446 e. The van der Waals surface area contributed by atoms with Gasteiger partial charge in [-0.2, -0.15) is 0 Å². The zero-order valence-electron chi connectivity index (χ0n) is 8.37. The molecule has 0 atom stereocenters. The lowest BCUT2D eigenvalue weighted by molar-refractivity contribution is 0.527. The van der Waals surface area contributed by atoms with Crippen molar-refractivity contribution in [2.75, 3.05) is 0 Å². The Morgan fingerprint density at radius 2 is 2.20 bits per heavy atom. The maximum absolute atomic E-state index is 5.44. The molecule has 1 aromatic heterocycles. The number of hydrazine groups is 1. The fourth-order valence-electron chi connectivity index (χ4n) is 1.83. The molecule has 0 aromatic carbocycles. The number of nitrogens with zero attached hydrogens (tertiary/aromatic N) is 1. The summed E-state index contributed by atoms with van der Waals surface area (Å²) in [6.07, 6.45) is 4.81.